The Bertz CT molecular complexity index is 932. The number of rotatable bonds is 7. The number of nitrogens with two attached hydrogens (primary N) is 1. The third-order valence-electron chi connectivity index (χ3n) is 4.73. The van der Waals surface area contributed by atoms with Crippen LogP contribution in [0.4, 0.5) is 5.82 Å². The number of nitrogen functional groups attached to an aromatic ring is 1. The van der Waals surface area contributed by atoms with E-state index in [1.807, 2.05) is 28.8 Å². The monoisotopic (exact) mass is 354 g/mol. The van der Waals surface area contributed by atoms with E-state index in [1.165, 1.54) is 0 Å². The zero-order valence-corrected chi connectivity index (χ0v) is 15.7. The van der Waals surface area contributed by atoms with Crippen molar-refractivity contribution < 1.29 is 9.53 Å². The highest BCUT2D eigenvalue weighted by atomic mass is 16.5. The molecule has 3 rings (SSSR count). The van der Waals surface area contributed by atoms with Crippen LogP contribution in [0.25, 0.3) is 22.2 Å². The van der Waals surface area contributed by atoms with Gasteiger partial charge < -0.3 is 15.0 Å². The van der Waals surface area contributed by atoms with E-state index in [-0.39, 0.29) is 0 Å². The number of esters is 1. The number of hydrogen-bond donors (Lipinski definition) is 1. The Labute approximate surface area is 153 Å². The molecule has 0 saturated heterocycles. The highest BCUT2D eigenvalue weighted by molar-refractivity contribution is 6.08. The Morgan fingerprint density at radius 3 is 2.58 bits per heavy atom. The van der Waals surface area contributed by atoms with Gasteiger partial charge in [-0.3, -0.25) is 0 Å². The average Bonchev–Trinajstić information content (AvgIpc) is 2.92. The molecule has 2 aromatic heterocycles. The first kappa shape index (κ1) is 18.2. The molecule has 1 atom stereocenters. The number of carbonyl (C=O) groups is 1. The number of anilines is 1. The van der Waals surface area contributed by atoms with Crippen molar-refractivity contribution >= 4 is 34.0 Å². The molecule has 6 heteroatoms. The molecule has 0 spiro atoms. The minimum absolute atomic E-state index is 0.306. The van der Waals surface area contributed by atoms with Gasteiger partial charge in [0.25, 0.3) is 0 Å². The van der Waals surface area contributed by atoms with Crippen LogP contribution in [0.3, 0.4) is 0 Å². The Kier molecular flexibility index (Phi) is 5.40. The Morgan fingerprint density at radius 2 is 1.92 bits per heavy atom. The smallest absolute Gasteiger partial charge is 0.344 e. The lowest BCUT2D eigenvalue weighted by atomic mass is 10.1. The van der Waals surface area contributed by atoms with E-state index in [0.29, 0.717) is 41.6 Å². The summed E-state index contributed by atoms with van der Waals surface area (Å²) in [5.41, 5.74) is 9.36. The largest absolute Gasteiger partial charge is 0.462 e. The molecule has 0 radical (unpaired) electrons. The summed E-state index contributed by atoms with van der Waals surface area (Å²) in [5, 5.41) is 0. The quantitative estimate of drug-likeness (QED) is 0.644. The molecule has 138 valence electrons. The van der Waals surface area contributed by atoms with Crippen molar-refractivity contribution in [2.45, 2.75) is 46.6 Å². The van der Waals surface area contributed by atoms with Gasteiger partial charge in [-0.2, -0.15) is 0 Å². The topological polar surface area (TPSA) is 83.0 Å². The second-order valence-corrected chi connectivity index (χ2v) is 6.76. The summed E-state index contributed by atoms with van der Waals surface area (Å²) < 4.78 is 7.39. The van der Waals surface area contributed by atoms with Crippen LogP contribution in [-0.2, 0) is 11.3 Å². The number of aryl methyl sites for hydroxylation is 1. The summed E-state index contributed by atoms with van der Waals surface area (Å²) in [6.45, 7) is 7.31. The van der Waals surface area contributed by atoms with Crippen molar-refractivity contribution in [3.63, 3.8) is 0 Å². The molecule has 0 amide bonds. The van der Waals surface area contributed by atoms with Crippen LogP contribution in [0.15, 0.2) is 24.3 Å². The summed E-state index contributed by atoms with van der Waals surface area (Å²) in [4.78, 5) is 22.1. The van der Waals surface area contributed by atoms with Crippen LogP contribution < -0.4 is 5.73 Å². The van der Waals surface area contributed by atoms with E-state index in [0.717, 1.165) is 30.3 Å². The van der Waals surface area contributed by atoms with Crippen molar-refractivity contribution in [1.82, 2.24) is 14.5 Å². The average molecular weight is 354 g/mol. The second-order valence-electron chi connectivity index (χ2n) is 6.76. The van der Waals surface area contributed by atoms with Crippen molar-refractivity contribution in [1.29, 1.82) is 0 Å². The zero-order chi connectivity index (χ0) is 18.7. The van der Waals surface area contributed by atoms with Crippen molar-refractivity contribution in [3.8, 4) is 0 Å². The number of fused-ring (bicyclic) bond motifs is 2. The SMILES string of the molecule is CCCCn1c(N)c(C(=O)OC[C@@H](C)CC)c2nc3ccccc3nc21. The summed E-state index contributed by atoms with van der Waals surface area (Å²) in [7, 11) is 0. The minimum atomic E-state index is -0.423. The summed E-state index contributed by atoms with van der Waals surface area (Å²) in [5.74, 6) is 0.270. The molecule has 1 aromatic carbocycles. The number of para-hydroxylation sites is 2. The highest BCUT2D eigenvalue weighted by Gasteiger charge is 2.25. The van der Waals surface area contributed by atoms with Crippen molar-refractivity contribution in [2.75, 3.05) is 12.3 Å². The van der Waals surface area contributed by atoms with E-state index in [4.69, 9.17) is 15.5 Å². The lowest BCUT2D eigenvalue weighted by Crippen LogP contribution is -2.14. The lowest BCUT2D eigenvalue weighted by Gasteiger charge is -2.10. The van der Waals surface area contributed by atoms with E-state index >= 15 is 0 Å². The molecule has 2 heterocycles. The van der Waals surface area contributed by atoms with Crippen LogP contribution in [0.2, 0.25) is 0 Å². The molecule has 0 fully saturated rings. The van der Waals surface area contributed by atoms with Crippen LogP contribution in [0.1, 0.15) is 50.4 Å². The number of unbranched alkanes of at least 4 members (excludes halogenated alkanes) is 1. The second kappa shape index (κ2) is 7.72. The van der Waals surface area contributed by atoms with Crippen LogP contribution in [-0.4, -0.2) is 27.1 Å². The third kappa shape index (κ3) is 3.36. The number of hydrogen-bond acceptors (Lipinski definition) is 5. The first-order chi connectivity index (χ1) is 12.6. The molecule has 26 heavy (non-hydrogen) atoms. The minimum Gasteiger partial charge on any atom is -0.462 e. The molecule has 0 aliphatic heterocycles. The molecule has 0 bridgehead atoms. The van der Waals surface area contributed by atoms with Gasteiger partial charge in [0.2, 0.25) is 0 Å². The molecule has 0 aliphatic carbocycles. The zero-order valence-electron chi connectivity index (χ0n) is 15.7. The lowest BCUT2D eigenvalue weighted by molar-refractivity contribution is 0.0450. The molecule has 3 aromatic rings. The number of carbonyl (C=O) groups excluding carboxylic acids is 1. The predicted octanol–water partition coefficient (Wildman–Crippen LogP) is 4.17. The molecule has 2 N–H and O–H groups in total. The third-order valence-corrected chi connectivity index (χ3v) is 4.73. The molecule has 0 aliphatic rings. The van der Waals surface area contributed by atoms with Gasteiger partial charge in [0.05, 0.1) is 17.6 Å². The fourth-order valence-electron chi connectivity index (χ4n) is 2.87. The molecule has 6 nitrogen and oxygen atoms in total. The summed E-state index contributed by atoms with van der Waals surface area (Å²) in [6.07, 6.45) is 2.92. The van der Waals surface area contributed by atoms with E-state index < -0.39 is 5.97 Å². The number of aromatic nitrogens is 3. The Balaban J connectivity index is 2.12. The molecule has 0 saturated carbocycles. The number of benzene rings is 1. The van der Waals surface area contributed by atoms with Gasteiger partial charge in [0.15, 0.2) is 5.65 Å². The van der Waals surface area contributed by atoms with Gasteiger partial charge in [-0.1, -0.05) is 45.7 Å². The van der Waals surface area contributed by atoms with E-state index in [9.17, 15) is 4.79 Å². The van der Waals surface area contributed by atoms with Crippen molar-refractivity contribution in [2.24, 2.45) is 5.92 Å². The van der Waals surface area contributed by atoms with Gasteiger partial charge >= 0.3 is 5.97 Å². The predicted molar refractivity (Wildman–Crippen MR) is 104 cm³/mol. The van der Waals surface area contributed by atoms with Gasteiger partial charge in [-0.05, 0) is 24.5 Å². The first-order valence-corrected chi connectivity index (χ1v) is 9.28. The number of nitrogens with zero attached hydrogens (tertiary/aromatic N) is 3. The van der Waals surface area contributed by atoms with Gasteiger partial charge in [0.1, 0.15) is 16.9 Å². The summed E-state index contributed by atoms with van der Waals surface area (Å²) in [6, 6.07) is 7.62. The maximum atomic E-state index is 12.7. The van der Waals surface area contributed by atoms with E-state index in [2.05, 4.69) is 25.8 Å². The van der Waals surface area contributed by atoms with Crippen LogP contribution in [0, 0.1) is 5.92 Å². The van der Waals surface area contributed by atoms with E-state index in [1.54, 1.807) is 0 Å². The first-order valence-electron chi connectivity index (χ1n) is 9.28. The fourth-order valence-corrected chi connectivity index (χ4v) is 2.87. The van der Waals surface area contributed by atoms with Gasteiger partial charge in [-0.25, -0.2) is 14.8 Å². The van der Waals surface area contributed by atoms with Gasteiger partial charge in [-0.15, -0.1) is 0 Å². The Morgan fingerprint density at radius 1 is 1.23 bits per heavy atom. The Hall–Kier alpha value is -2.63. The molecular formula is C20H26N4O2. The standard InChI is InChI=1S/C20H26N4O2/c1-4-6-11-24-18(21)16(20(25)26-12-13(3)5-2)17-19(24)23-15-10-8-7-9-14(15)22-17/h7-10,13H,4-6,11-12,21H2,1-3H3/t13-/m0/s1. The van der Waals surface area contributed by atoms with Crippen molar-refractivity contribution in [3.05, 3.63) is 29.8 Å². The number of ether oxygens (including phenoxy) is 1. The highest BCUT2D eigenvalue weighted by Crippen LogP contribution is 2.29. The molecule has 0 unspecified atom stereocenters. The fraction of sp³-hybridized carbons (Fsp3) is 0.450. The molecular weight excluding hydrogens is 328 g/mol. The van der Waals surface area contributed by atoms with Crippen LogP contribution >= 0.6 is 0 Å². The van der Waals surface area contributed by atoms with Gasteiger partial charge in [0, 0.05) is 6.54 Å². The normalized spacial score (nSPS) is 12.6. The maximum absolute atomic E-state index is 12.7. The summed E-state index contributed by atoms with van der Waals surface area (Å²) >= 11 is 0. The maximum Gasteiger partial charge on any atom is 0.344 e. The van der Waals surface area contributed by atoms with Crippen LogP contribution in [0.5, 0.6) is 0 Å².